The molecule has 19 heavy (non-hydrogen) atoms. The molecule has 106 valence electrons. The Morgan fingerprint density at radius 3 is 2.37 bits per heavy atom. The van der Waals surface area contributed by atoms with E-state index in [-0.39, 0.29) is 6.04 Å². The van der Waals surface area contributed by atoms with E-state index in [9.17, 15) is 8.42 Å². The standard InChI is InChI=1S/C13H17Br2NO2S/c1-16(11-5-3-2-4-6-11)19(17,18)13-8-7-10(14)9-12(13)15/h7-9,11H,2-6H2,1H3. The smallest absolute Gasteiger partial charge is 0.207 e. The second kappa shape index (κ2) is 6.24. The molecule has 0 saturated heterocycles. The molecule has 1 aromatic rings. The third-order valence-corrected chi connectivity index (χ3v) is 7.02. The minimum atomic E-state index is -3.42. The van der Waals surface area contributed by atoms with Crippen LogP contribution in [0.15, 0.2) is 32.0 Å². The molecule has 1 aliphatic carbocycles. The van der Waals surface area contributed by atoms with Crippen molar-refractivity contribution in [2.24, 2.45) is 0 Å². The van der Waals surface area contributed by atoms with Crippen LogP contribution in [0, 0.1) is 0 Å². The van der Waals surface area contributed by atoms with Gasteiger partial charge in [-0.15, -0.1) is 0 Å². The summed E-state index contributed by atoms with van der Waals surface area (Å²) < 4.78 is 28.3. The molecule has 1 fully saturated rings. The van der Waals surface area contributed by atoms with E-state index in [1.165, 1.54) is 6.42 Å². The monoisotopic (exact) mass is 409 g/mol. The van der Waals surface area contributed by atoms with Crippen LogP contribution < -0.4 is 0 Å². The predicted octanol–water partition coefficient (Wildman–Crippen LogP) is 4.16. The highest BCUT2D eigenvalue weighted by atomic mass is 79.9. The van der Waals surface area contributed by atoms with E-state index >= 15 is 0 Å². The van der Waals surface area contributed by atoms with Crippen LogP contribution in [0.2, 0.25) is 0 Å². The molecule has 6 heteroatoms. The minimum absolute atomic E-state index is 0.134. The Morgan fingerprint density at radius 2 is 1.79 bits per heavy atom. The van der Waals surface area contributed by atoms with E-state index < -0.39 is 10.0 Å². The van der Waals surface area contributed by atoms with Gasteiger partial charge in [0.25, 0.3) is 0 Å². The van der Waals surface area contributed by atoms with Gasteiger partial charge in [-0.25, -0.2) is 8.42 Å². The Hall–Kier alpha value is 0.0900. The minimum Gasteiger partial charge on any atom is -0.207 e. The summed E-state index contributed by atoms with van der Waals surface area (Å²) in [4.78, 5) is 0.337. The van der Waals surface area contributed by atoms with Crippen molar-refractivity contribution in [1.29, 1.82) is 0 Å². The first-order valence-corrected chi connectivity index (χ1v) is 9.38. The molecule has 1 aromatic carbocycles. The number of rotatable bonds is 3. The van der Waals surface area contributed by atoms with Gasteiger partial charge in [-0.05, 0) is 47.0 Å². The fourth-order valence-electron chi connectivity index (χ4n) is 2.48. The van der Waals surface area contributed by atoms with Crippen molar-refractivity contribution >= 4 is 41.9 Å². The van der Waals surface area contributed by atoms with E-state index in [4.69, 9.17) is 0 Å². The van der Waals surface area contributed by atoms with Gasteiger partial charge in [0.1, 0.15) is 0 Å². The fraction of sp³-hybridized carbons (Fsp3) is 0.538. The van der Waals surface area contributed by atoms with Crippen LogP contribution in [0.1, 0.15) is 32.1 Å². The van der Waals surface area contributed by atoms with Gasteiger partial charge in [-0.3, -0.25) is 0 Å². The highest BCUT2D eigenvalue weighted by Gasteiger charge is 2.30. The molecular weight excluding hydrogens is 394 g/mol. The van der Waals surface area contributed by atoms with Crippen molar-refractivity contribution in [2.75, 3.05) is 7.05 Å². The number of benzene rings is 1. The first-order valence-electron chi connectivity index (χ1n) is 6.36. The molecule has 0 unspecified atom stereocenters. The molecule has 1 saturated carbocycles. The fourth-order valence-corrected chi connectivity index (χ4v) is 5.60. The second-order valence-corrected chi connectivity index (χ2v) is 8.62. The lowest BCUT2D eigenvalue weighted by atomic mass is 9.96. The van der Waals surface area contributed by atoms with E-state index in [1.807, 2.05) is 0 Å². The van der Waals surface area contributed by atoms with Gasteiger partial charge in [0, 0.05) is 22.0 Å². The van der Waals surface area contributed by atoms with Crippen LogP contribution in [0.25, 0.3) is 0 Å². The Morgan fingerprint density at radius 1 is 1.16 bits per heavy atom. The number of sulfonamides is 1. The van der Waals surface area contributed by atoms with E-state index in [1.54, 1.807) is 29.6 Å². The Labute approximate surface area is 131 Å². The van der Waals surface area contributed by atoms with Crippen LogP contribution in [0.5, 0.6) is 0 Å². The molecule has 1 aliphatic rings. The van der Waals surface area contributed by atoms with Gasteiger partial charge < -0.3 is 0 Å². The average molecular weight is 411 g/mol. The highest BCUT2D eigenvalue weighted by molar-refractivity contribution is 9.11. The Kier molecular flexibility index (Phi) is 5.09. The van der Waals surface area contributed by atoms with Crippen LogP contribution in [-0.2, 0) is 10.0 Å². The molecule has 0 aromatic heterocycles. The summed E-state index contributed by atoms with van der Waals surface area (Å²) >= 11 is 6.68. The lowest BCUT2D eigenvalue weighted by Crippen LogP contribution is -2.38. The lowest BCUT2D eigenvalue weighted by molar-refractivity contribution is 0.285. The molecule has 0 aliphatic heterocycles. The molecule has 3 nitrogen and oxygen atoms in total. The summed E-state index contributed by atoms with van der Waals surface area (Å²) in [6, 6.07) is 5.30. The van der Waals surface area contributed by atoms with Crippen LogP contribution in [0.3, 0.4) is 0 Å². The topological polar surface area (TPSA) is 37.4 Å². The van der Waals surface area contributed by atoms with Gasteiger partial charge in [0.2, 0.25) is 10.0 Å². The maximum atomic E-state index is 12.6. The highest BCUT2D eigenvalue weighted by Crippen LogP contribution is 2.31. The summed E-state index contributed by atoms with van der Waals surface area (Å²) in [5.41, 5.74) is 0. The molecule has 0 N–H and O–H groups in total. The van der Waals surface area contributed by atoms with E-state index in [2.05, 4.69) is 31.9 Å². The lowest BCUT2D eigenvalue weighted by Gasteiger charge is -2.30. The first-order chi connectivity index (χ1) is 8.93. The molecule has 0 radical (unpaired) electrons. The van der Waals surface area contributed by atoms with Crippen LogP contribution >= 0.6 is 31.9 Å². The molecule has 0 spiro atoms. The van der Waals surface area contributed by atoms with Crippen molar-refractivity contribution in [3.63, 3.8) is 0 Å². The van der Waals surface area contributed by atoms with Crippen molar-refractivity contribution in [3.8, 4) is 0 Å². The van der Waals surface area contributed by atoms with Gasteiger partial charge in [0.15, 0.2) is 0 Å². The zero-order valence-corrected chi connectivity index (χ0v) is 14.8. The number of hydrogen-bond acceptors (Lipinski definition) is 2. The van der Waals surface area contributed by atoms with Gasteiger partial charge in [0.05, 0.1) is 4.90 Å². The summed E-state index contributed by atoms with van der Waals surface area (Å²) in [6.07, 6.45) is 5.37. The van der Waals surface area contributed by atoms with E-state index in [0.29, 0.717) is 9.37 Å². The van der Waals surface area contributed by atoms with Gasteiger partial charge in [-0.2, -0.15) is 4.31 Å². The zero-order valence-electron chi connectivity index (χ0n) is 10.8. The quantitative estimate of drug-likeness (QED) is 0.749. The maximum Gasteiger partial charge on any atom is 0.244 e. The Balaban J connectivity index is 2.30. The maximum absolute atomic E-state index is 12.6. The third-order valence-electron chi connectivity index (χ3n) is 3.64. The molecular formula is C13H17Br2NO2S. The average Bonchev–Trinajstić information content (AvgIpc) is 2.38. The number of nitrogens with zero attached hydrogens (tertiary/aromatic N) is 1. The zero-order chi connectivity index (χ0) is 14.0. The largest absolute Gasteiger partial charge is 0.244 e. The van der Waals surface area contributed by atoms with Crippen molar-refractivity contribution in [2.45, 2.75) is 43.0 Å². The van der Waals surface area contributed by atoms with Crippen LogP contribution in [0.4, 0.5) is 0 Å². The van der Waals surface area contributed by atoms with Crippen molar-refractivity contribution in [3.05, 3.63) is 27.1 Å². The van der Waals surface area contributed by atoms with Crippen molar-refractivity contribution in [1.82, 2.24) is 4.31 Å². The first kappa shape index (κ1) is 15.5. The summed E-state index contributed by atoms with van der Waals surface area (Å²) in [6.45, 7) is 0. The summed E-state index contributed by atoms with van der Waals surface area (Å²) in [5.74, 6) is 0. The summed E-state index contributed by atoms with van der Waals surface area (Å²) in [5, 5.41) is 0. The normalized spacial score (nSPS) is 17.9. The molecule has 0 heterocycles. The third kappa shape index (κ3) is 3.40. The molecule has 2 rings (SSSR count). The number of hydrogen-bond donors (Lipinski definition) is 0. The molecule has 0 amide bonds. The SMILES string of the molecule is CN(C1CCCCC1)S(=O)(=O)c1ccc(Br)cc1Br. The molecule has 0 atom stereocenters. The van der Waals surface area contributed by atoms with Gasteiger partial charge in [-0.1, -0.05) is 35.2 Å². The number of halogens is 2. The second-order valence-electron chi connectivity index (χ2n) is 4.89. The summed E-state index contributed by atoms with van der Waals surface area (Å²) in [7, 11) is -1.73. The van der Waals surface area contributed by atoms with Crippen LogP contribution in [-0.4, -0.2) is 25.8 Å². The Bertz CT molecular complexity index is 554. The van der Waals surface area contributed by atoms with E-state index in [0.717, 1.165) is 30.2 Å². The predicted molar refractivity (Wildman–Crippen MR) is 83.7 cm³/mol. The molecule has 0 bridgehead atoms. The van der Waals surface area contributed by atoms with Crippen molar-refractivity contribution < 1.29 is 8.42 Å². The van der Waals surface area contributed by atoms with Gasteiger partial charge >= 0.3 is 0 Å².